The van der Waals surface area contributed by atoms with Crippen molar-refractivity contribution in [2.45, 2.75) is 13.0 Å². The Morgan fingerprint density at radius 1 is 1.05 bits per heavy atom. The Labute approximate surface area is 111 Å². The van der Waals surface area contributed by atoms with E-state index in [1.165, 1.54) is 0 Å². The highest BCUT2D eigenvalue weighted by Gasteiger charge is 2.11. The van der Waals surface area contributed by atoms with Gasteiger partial charge in [0.1, 0.15) is 6.10 Å². The average molecular weight is 250 g/mol. The number of aliphatic hydroxyl groups is 1. The van der Waals surface area contributed by atoms with Crippen LogP contribution >= 0.6 is 0 Å². The van der Waals surface area contributed by atoms with E-state index >= 15 is 0 Å². The number of pyridine rings is 2. The molecular weight excluding hydrogens is 236 g/mol. The molecule has 0 aliphatic rings. The number of aliphatic hydroxyl groups excluding tert-OH is 1. The van der Waals surface area contributed by atoms with Gasteiger partial charge in [-0.25, -0.2) is 0 Å². The lowest BCUT2D eigenvalue weighted by molar-refractivity contribution is 0.220. The van der Waals surface area contributed by atoms with Gasteiger partial charge in [-0.3, -0.25) is 9.97 Å². The van der Waals surface area contributed by atoms with Crippen molar-refractivity contribution in [3.05, 3.63) is 71.7 Å². The van der Waals surface area contributed by atoms with Crippen molar-refractivity contribution in [2.24, 2.45) is 0 Å². The van der Waals surface area contributed by atoms with E-state index in [1.54, 1.807) is 18.6 Å². The standard InChI is InChI=1S/C16H14N2O/c1-11-7-14(10-17-9-11)16(19)13-4-5-15-12(8-13)3-2-6-18-15/h2-10,16,19H,1H3. The predicted molar refractivity (Wildman–Crippen MR) is 74.8 cm³/mol. The summed E-state index contributed by atoms with van der Waals surface area (Å²) in [7, 11) is 0. The highest BCUT2D eigenvalue weighted by atomic mass is 16.3. The zero-order valence-corrected chi connectivity index (χ0v) is 10.6. The molecule has 3 aromatic rings. The first kappa shape index (κ1) is 11.8. The summed E-state index contributed by atoms with van der Waals surface area (Å²) >= 11 is 0. The topological polar surface area (TPSA) is 46.0 Å². The molecule has 3 rings (SSSR count). The zero-order valence-electron chi connectivity index (χ0n) is 10.6. The first-order valence-corrected chi connectivity index (χ1v) is 6.18. The van der Waals surface area contributed by atoms with Crippen molar-refractivity contribution in [2.75, 3.05) is 0 Å². The lowest BCUT2D eigenvalue weighted by atomic mass is 10.0. The third-order valence-corrected chi connectivity index (χ3v) is 3.15. The molecule has 2 heterocycles. The molecule has 0 fully saturated rings. The molecule has 0 saturated heterocycles. The van der Waals surface area contributed by atoms with Crippen molar-refractivity contribution in [1.29, 1.82) is 0 Å². The number of benzene rings is 1. The van der Waals surface area contributed by atoms with E-state index in [2.05, 4.69) is 9.97 Å². The molecule has 1 N–H and O–H groups in total. The Morgan fingerprint density at radius 2 is 1.95 bits per heavy atom. The second-order valence-corrected chi connectivity index (χ2v) is 4.65. The van der Waals surface area contributed by atoms with Crippen LogP contribution in [0.4, 0.5) is 0 Å². The van der Waals surface area contributed by atoms with Gasteiger partial charge in [0.25, 0.3) is 0 Å². The summed E-state index contributed by atoms with van der Waals surface area (Å²) < 4.78 is 0. The van der Waals surface area contributed by atoms with Crippen LogP contribution in [-0.2, 0) is 0 Å². The molecule has 0 aliphatic heterocycles. The van der Waals surface area contributed by atoms with Gasteiger partial charge in [0.15, 0.2) is 0 Å². The van der Waals surface area contributed by atoms with Crippen molar-refractivity contribution in [3.8, 4) is 0 Å². The van der Waals surface area contributed by atoms with Gasteiger partial charge < -0.3 is 5.11 Å². The summed E-state index contributed by atoms with van der Waals surface area (Å²) in [5.74, 6) is 0. The van der Waals surface area contributed by atoms with Crippen LogP contribution in [0.1, 0.15) is 22.8 Å². The van der Waals surface area contributed by atoms with Crippen LogP contribution in [0.2, 0.25) is 0 Å². The minimum atomic E-state index is -0.656. The number of hydrogen-bond acceptors (Lipinski definition) is 3. The lowest BCUT2D eigenvalue weighted by Crippen LogP contribution is -2.00. The third-order valence-electron chi connectivity index (χ3n) is 3.15. The zero-order chi connectivity index (χ0) is 13.2. The maximum Gasteiger partial charge on any atom is 0.106 e. The fraction of sp³-hybridized carbons (Fsp3) is 0.125. The summed E-state index contributed by atoms with van der Waals surface area (Å²) in [5.41, 5.74) is 3.64. The fourth-order valence-electron chi connectivity index (χ4n) is 2.18. The Balaban J connectivity index is 2.04. The second-order valence-electron chi connectivity index (χ2n) is 4.65. The molecule has 0 saturated carbocycles. The number of nitrogens with zero attached hydrogens (tertiary/aromatic N) is 2. The smallest absolute Gasteiger partial charge is 0.106 e. The Morgan fingerprint density at radius 3 is 2.79 bits per heavy atom. The molecular formula is C16H14N2O. The average Bonchev–Trinajstić information content (AvgIpc) is 2.46. The van der Waals surface area contributed by atoms with Crippen LogP contribution in [0.25, 0.3) is 10.9 Å². The molecule has 3 nitrogen and oxygen atoms in total. The van der Waals surface area contributed by atoms with Crippen LogP contribution < -0.4 is 0 Å². The second kappa shape index (κ2) is 4.78. The molecule has 1 aromatic carbocycles. The molecule has 1 unspecified atom stereocenters. The highest BCUT2D eigenvalue weighted by molar-refractivity contribution is 5.79. The van der Waals surface area contributed by atoms with Crippen molar-refractivity contribution >= 4 is 10.9 Å². The van der Waals surface area contributed by atoms with Crippen molar-refractivity contribution < 1.29 is 5.11 Å². The summed E-state index contributed by atoms with van der Waals surface area (Å²) in [6.07, 6.45) is 4.59. The SMILES string of the molecule is Cc1cncc(C(O)c2ccc3ncccc3c2)c1. The van der Waals surface area contributed by atoms with Crippen LogP contribution in [0.15, 0.2) is 55.0 Å². The van der Waals surface area contributed by atoms with Crippen molar-refractivity contribution in [1.82, 2.24) is 9.97 Å². The molecule has 0 aliphatic carbocycles. The summed E-state index contributed by atoms with van der Waals surface area (Å²) in [6, 6.07) is 11.6. The van der Waals surface area contributed by atoms with E-state index < -0.39 is 6.10 Å². The number of hydrogen-bond donors (Lipinski definition) is 1. The van der Waals surface area contributed by atoms with Crippen LogP contribution in [-0.4, -0.2) is 15.1 Å². The minimum Gasteiger partial charge on any atom is -0.384 e. The molecule has 0 bridgehead atoms. The van der Waals surface area contributed by atoms with E-state index in [1.807, 2.05) is 43.3 Å². The van der Waals surface area contributed by atoms with E-state index in [0.29, 0.717) is 0 Å². The number of rotatable bonds is 2. The molecule has 94 valence electrons. The largest absolute Gasteiger partial charge is 0.384 e. The minimum absolute atomic E-state index is 0.656. The fourth-order valence-corrected chi connectivity index (χ4v) is 2.18. The Bertz CT molecular complexity index is 725. The summed E-state index contributed by atoms with van der Waals surface area (Å²) in [4.78, 5) is 8.40. The molecule has 3 heteroatoms. The summed E-state index contributed by atoms with van der Waals surface area (Å²) in [5, 5.41) is 11.4. The molecule has 1 atom stereocenters. The summed E-state index contributed by atoms with van der Waals surface area (Å²) in [6.45, 7) is 1.97. The number of aryl methyl sites for hydroxylation is 1. The number of fused-ring (bicyclic) bond motifs is 1. The highest BCUT2D eigenvalue weighted by Crippen LogP contribution is 2.24. The van der Waals surface area contributed by atoms with Gasteiger partial charge in [-0.1, -0.05) is 18.2 Å². The van der Waals surface area contributed by atoms with Crippen LogP contribution in [0.5, 0.6) is 0 Å². The maximum absolute atomic E-state index is 10.4. The third kappa shape index (κ3) is 2.33. The van der Waals surface area contributed by atoms with Crippen LogP contribution in [0, 0.1) is 6.92 Å². The first-order valence-electron chi connectivity index (χ1n) is 6.18. The van der Waals surface area contributed by atoms with E-state index in [-0.39, 0.29) is 0 Å². The van der Waals surface area contributed by atoms with E-state index in [9.17, 15) is 5.11 Å². The quantitative estimate of drug-likeness (QED) is 0.760. The molecule has 2 aromatic heterocycles. The Hall–Kier alpha value is -2.26. The molecule has 0 amide bonds. The maximum atomic E-state index is 10.4. The van der Waals surface area contributed by atoms with E-state index in [0.717, 1.165) is 27.6 Å². The molecule has 0 radical (unpaired) electrons. The van der Waals surface area contributed by atoms with Gasteiger partial charge in [-0.15, -0.1) is 0 Å². The normalized spacial score (nSPS) is 12.5. The van der Waals surface area contributed by atoms with E-state index in [4.69, 9.17) is 0 Å². The number of aromatic nitrogens is 2. The molecule has 19 heavy (non-hydrogen) atoms. The monoisotopic (exact) mass is 250 g/mol. The lowest BCUT2D eigenvalue weighted by Gasteiger charge is -2.12. The van der Waals surface area contributed by atoms with Gasteiger partial charge in [0, 0.05) is 29.5 Å². The van der Waals surface area contributed by atoms with Crippen LogP contribution in [0.3, 0.4) is 0 Å². The van der Waals surface area contributed by atoms with Gasteiger partial charge in [0.2, 0.25) is 0 Å². The Kier molecular flexibility index (Phi) is 2.97. The van der Waals surface area contributed by atoms with Gasteiger partial charge >= 0.3 is 0 Å². The van der Waals surface area contributed by atoms with Gasteiger partial charge in [-0.2, -0.15) is 0 Å². The molecule has 0 spiro atoms. The van der Waals surface area contributed by atoms with Gasteiger partial charge in [-0.05, 0) is 36.2 Å². The predicted octanol–water partition coefficient (Wildman–Crippen LogP) is 3.02. The van der Waals surface area contributed by atoms with Crippen molar-refractivity contribution in [3.63, 3.8) is 0 Å². The van der Waals surface area contributed by atoms with Gasteiger partial charge in [0.05, 0.1) is 5.52 Å². The first-order chi connectivity index (χ1) is 9.24.